The third kappa shape index (κ3) is 3.73. The lowest BCUT2D eigenvalue weighted by Gasteiger charge is -2.26. The Morgan fingerprint density at radius 2 is 2.45 bits per heavy atom. The largest absolute Gasteiger partial charge is 0.375 e. The molecule has 1 aromatic rings. The maximum absolute atomic E-state index is 12.1. The molecule has 3 rings (SSSR count). The first-order chi connectivity index (χ1) is 9.33. The summed E-state index contributed by atoms with van der Waals surface area (Å²) >= 11 is 1.81. The van der Waals surface area contributed by atoms with Crippen molar-refractivity contribution in [3.63, 3.8) is 0 Å². The van der Waals surface area contributed by atoms with Gasteiger partial charge in [-0.3, -0.25) is 4.79 Å². The quantitative estimate of drug-likeness (QED) is 0.897. The maximum atomic E-state index is 12.1. The van der Waals surface area contributed by atoms with Gasteiger partial charge in [-0.15, -0.1) is 23.7 Å². The Morgan fingerprint density at radius 3 is 3.25 bits per heavy atom. The molecule has 2 atom stereocenters. The molecule has 0 spiro atoms. The van der Waals surface area contributed by atoms with Crippen LogP contribution in [0.1, 0.15) is 35.7 Å². The second-order valence-electron chi connectivity index (χ2n) is 5.21. The monoisotopic (exact) mass is 316 g/mol. The molecule has 0 saturated carbocycles. The third-order valence-electron chi connectivity index (χ3n) is 3.80. The Bertz CT molecular complexity index is 446. The Labute approximate surface area is 129 Å². The maximum Gasteiger partial charge on any atom is 0.223 e. The molecule has 0 bridgehead atoms. The number of fused-ring (bicyclic) bond motifs is 1. The molecule has 1 fully saturated rings. The van der Waals surface area contributed by atoms with E-state index < -0.39 is 0 Å². The summed E-state index contributed by atoms with van der Waals surface area (Å²) in [7, 11) is 0. The van der Waals surface area contributed by atoms with E-state index in [-0.39, 0.29) is 30.5 Å². The molecular formula is C14H21ClN2O2S. The highest BCUT2D eigenvalue weighted by Gasteiger charge is 2.24. The molecule has 1 aliphatic heterocycles. The summed E-state index contributed by atoms with van der Waals surface area (Å²) in [5.41, 5.74) is 1.33. The predicted octanol–water partition coefficient (Wildman–Crippen LogP) is 2.04. The van der Waals surface area contributed by atoms with Crippen molar-refractivity contribution in [2.24, 2.45) is 0 Å². The molecule has 1 aliphatic carbocycles. The fraction of sp³-hybridized carbons (Fsp3) is 0.643. The summed E-state index contributed by atoms with van der Waals surface area (Å²) < 4.78 is 5.57. The summed E-state index contributed by atoms with van der Waals surface area (Å²) in [4.78, 5) is 13.5. The average Bonchev–Trinajstić information content (AvgIpc) is 2.89. The summed E-state index contributed by atoms with van der Waals surface area (Å²) in [5.74, 6) is 0.109. The second kappa shape index (κ2) is 7.41. The highest BCUT2D eigenvalue weighted by molar-refractivity contribution is 7.10. The predicted molar refractivity (Wildman–Crippen MR) is 82.6 cm³/mol. The Morgan fingerprint density at radius 1 is 1.55 bits per heavy atom. The van der Waals surface area contributed by atoms with E-state index in [1.54, 1.807) is 11.3 Å². The number of nitrogens with one attached hydrogen (secondary N) is 2. The van der Waals surface area contributed by atoms with Crippen LogP contribution >= 0.6 is 23.7 Å². The van der Waals surface area contributed by atoms with Gasteiger partial charge in [0.1, 0.15) is 0 Å². The second-order valence-corrected chi connectivity index (χ2v) is 6.21. The van der Waals surface area contributed by atoms with Crippen molar-refractivity contribution in [3.05, 3.63) is 21.9 Å². The third-order valence-corrected chi connectivity index (χ3v) is 4.80. The van der Waals surface area contributed by atoms with Crippen LogP contribution in [0.4, 0.5) is 0 Å². The van der Waals surface area contributed by atoms with E-state index in [9.17, 15) is 4.79 Å². The van der Waals surface area contributed by atoms with Crippen molar-refractivity contribution in [2.75, 3.05) is 19.7 Å². The number of hydrogen-bond donors (Lipinski definition) is 2. The van der Waals surface area contributed by atoms with Crippen LogP contribution in [0.5, 0.6) is 0 Å². The van der Waals surface area contributed by atoms with Gasteiger partial charge < -0.3 is 15.4 Å². The first kappa shape index (κ1) is 15.8. The zero-order valence-corrected chi connectivity index (χ0v) is 13.0. The van der Waals surface area contributed by atoms with Crippen molar-refractivity contribution >= 4 is 29.7 Å². The van der Waals surface area contributed by atoms with Crippen LogP contribution in [0.3, 0.4) is 0 Å². The van der Waals surface area contributed by atoms with Crippen molar-refractivity contribution in [1.82, 2.24) is 10.6 Å². The van der Waals surface area contributed by atoms with Crippen LogP contribution in [-0.4, -0.2) is 31.7 Å². The lowest BCUT2D eigenvalue weighted by atomic mass is 9.94. The smallest absolute Gasteiger partial charge is 0.223 e. The minimum atomic E-state index is 0. The van der Waals surface area contributed by atoms with Crippen molar-refractivity contribution in [2.45, 2.75) is 37.8 Å². The van der Waals surface area contributed by atoms with E-state index in [1.807, 2.05) is 0 Å². The molecule has 0 aromatic carbocycles. The first-order valence-corrected chi connectivity index (χ1v) is 7.89. The number of amides is 1. The number of morpholine rings is 1. The minimum Gasteiger partial charge on any atom is -0.375 e. The Balaban J connectivity index is 0.00000147. The van der Waals surface area contributed by atoms with Crippen LogP contribution < -0.4 is 10.6 Å². The van der Waals surface area contributed by atoms with Crippen molar-refractivity contribution in [1.29, 1.82) is 0 Å². The van der Waals surface area contributed by atoms with Gasteiger partial charge in [0.15, 0.2) is 0 Å². The number of carbonyl (C=O) groups excluding carboxylic acids is 1. The van der Waals surface area contributed by atoms with Gasteiger partial charge in [0.05, 0.1) is 25.2 Å². The van der Waals surface area contributed by atoms with Crippen molar-refractivity contribution < 1.29 is 9.53 Å². The topological polar surface area (TPSA) is 50.4 Å². The molecule has 4 nitrogen and oxygen atoms in total. The lowest BCUT2D eigenvalue weighted by molar-refractivity contribution is -0.125. The molecule has 6 heteroatoms. The van der Waals surface area contributed by atoms with E-state index >= 15 is 0 Å². The van der Waals surface area contributed by atoms with Gasteiger partial charge in [-0.05, 0) is 36.3 Å². The van der Waals surface area contributed by atoms with E-state index in [4.69, 9.17) is 4.74 Å². The summed E-state index contributed by atoms with van der Waals surface area (Å²) in [5, 5.41) is 8.55. The Hall–Kier alpha value is -0.620. The molecule has 2 heterocycles. The van der Waals surface area contributed by atoms with Crippen LogP contribution in [0.2, 0.25) is 0 Å². The molecule has 0 radical (unpaired) electrons. The number of rotatable bonds is 3. The molecule has 2 unspecified atom stereocenters. The summed E-state index contributed by atoms with van der Waals surface area (Å²) in [6, 6.07) is 2.36. The van der Waals surface area contributed by atoms with E-state index in [0.29, 0.717) is 13.0 Å². The molecule has 1 aromatic heterocycles. The van der Waals surface area contributed by atoms with Gasteiger partial charge in [0.25, 0.3) is 0 Å². The number of carbonyl (C=O) groups is 1. The minimum absolute atomic E-state index is 0. The average molecular weight is 317 g/mol. The zero-order chi connectivity index (χ0) is 13.1. The van der Waals surface area contributed by atoms with Crippen LogP contribution in [0.15, 0.2) is 11.4 Å². The molecule has 20 heavy (non-hydrogen) atoms. The number of thiophene rings is 1. The lowest BCUT2D eigenvalue weighted by Crippen LogP contribution is -2.42. The SMILES string of the molecule is Cl.O=C(CC1CNCCO1)NC1CCCc2sccc21. The van der Waals surface area contributed by atoms with Gasteiger partial charge in [0.2, 0.25) is 5.91 Å². The fourth-order valence-corrected chi connectivity index (χ4v) is 3.83. The van der Waals surface area contributed by atoms with Gasteiger partial charge in [0, 0.05) is 18.0 Å². The molecule has 112 valence electrons. The first-order valence-electron chi connectivity index (χ1n) is 7.01. The van der Waals surface area contributed by atoms with E-state index in [2.05, 4.69) is 22.1 Å². The van der Waals surface area contributed by atoms with Crippen LogP contribution in [0.25, 0.3) is 0 Å². The highest BCUT2D eigenvalue weighted by atomic mass is 35.5. The van der Waals surface area contributed by atoms with Crippen LogP contribution in [-0.2, 0) is 16.0 Å². The standard InChI is InChI=1S/C14H20N2O2S.ClH/c17-14(8-10-9-15-5-6-18-10)16-12-2-1-3-13-11(12)4-7-19-13;/h4,7,10,12,15H,1-3,5-6,8-9H2,(H,16,17);1H. The fourth-order valence-electron chi connectivity index (χ4n) is 2.85. The molecular weight excluding hydrogens is 296 g/mol. The summed E-state index contributed by atoms with van der Waals surface area (Å²) in [6.45, 7) is 2.37. The molecule has 1 amide bonds. The van der Waals surface area contributed by atoms with Gasteiger partial charge in [-0.25, -0.2) is 0 Å². The van der Waals surface area contributed by atoms with Gasteiger partial charge in [-0.1, -0.05) is 0 Å². The number of ether oxygens (including phenoxy) is 1. The van der Waals surface area contributed by atoms with E-state index in [1.165, 1.54) is 16.9 Å². The van der Waals surface area contributed by atoms with Crippen LogP contribution in [0, 0.1) is 0 Å². The normalized spacial score (nSPS) is 25.4. The zero-order valence-electron chi connectivity index (χ0n) is 11.4. The Kier molecular flexibility index (Phi) is 5.84. The van der Waals surface area contributed by atoms with Crippen molar-refractivity contribution in [3.8, 4) is 0 Å². The molecule has 1 saturated heterocycles. The summed E-state index contributed by atoms with van der Waals surface area (Å²) in [6.07, 6.45) is 3.87. The number of aryl methyl sites for hydroxylation is 1. The number of hydrogen-bond acceptors (Lipinski definition) is 4. The van der Waals surface area contributed by atoms with Gasteiger partial charge in [-0.2, -0.15) is 0 Å². The highest BCUT2D eigenvalue weighted by Crippen LogP contribution is 2.33. The molecule has 2 N–H and O–H groups in total. The number of halogens is 1. The van der Waals surface area contributed by atoms with Gasteiger partial charge >= 0.3 is 0 Å². The molecule has 2 aliphatic rings. The van der Waals surface area contributed by atoms with E-state index in [0.717, 1.165) is 25.9 Å².